The summed E-state index contributed by atoms with van der Waals surface area (Å²) in [5, 5.41) is 23.7. The summed E-state index contributed by atoms with van der Waals surface area (Å²) in [5.74, 6) is 0.890. The van der Waals surface area contributed by atoms with Crippen molar-refractivity contribution < 1.29 is 19.3 Å². The SMILES string of the molecule is CCCCCCC1(O)C[C@]2(C)C(OC3CCCCO3)CC[C@H]2C2(C#N)CCc3cc(OC)ccc3[C@@H]12. The highest BCUT2D eigenvalue weighted by molar-refractivity contribution is 5.46. The number of nitriles is 1. The first kappa shape index (κ1) is 26.0. The van der Waals surface area contributed by atoms with Gasteiger partial charge in [-0.2, -0.15) is 5.26 Å². The van der Waals surface area contributed by atoms with E-state index in [1.807, 2.05) is 6.07 Å². The summed E-state index contributed by atoms with van der Waals surface area (Å²) in [4.78, 5) is 0. The Kier molecular flexibility index (Phi) is 7.42. The van der Waals surface area contributed by atoms with E-state index in [1.165, 1.54) is 24.0 Å². The molecule has 1 heterocycles. The van der Waals surface area contributed by atoms with Crippen LogP contribution in [0, 0.1) is 28.1 Å². The lowest BCUT2D eigenvalue weighted by molar-refractivity contribution is -0.232. The van der Waals surface area contributed by atoms with Crippen molar-refractivity contribution in [1.29, 1.82) is 5.26 Å². The van der Waals surface area contributed by atoms with Crippen LogP contribution < -0.4 is 4.74 Å². The molecule has 0 radical (unpaired) electrons. The van der Waals surface area contributed by atoms with Gasteiger partial charge in [0, 0.05) is 17.9 Å². The summed E-state index contributed by atoms with van der Waals surface area (Å²) in [6, 6.07) is 9.17. The fourth-order valence-electron chi connectivity index (χ4n) is 8.68. The predicted molar refractivity (Wildman–Crippen MR) is 140 cm³/mol. The Morgan fingerprint density at radius 1 is 1.17 bits per heavy atom. The number of aliphatic hydroxyl groups is 1. The fourth-order valence-corrected chi connectivity index (χ4v) is 8.68. The Labute approximate surface area is 217 Å². The average Bonchev–Trinajstić information content (AvgIpc) is 3.21. The first-order valence-electron chi connectivity index (χ1n) is 14.5. The van der Waals surface area contributed by atoms with Crippen molar-refractivity contribution in [1.82, 2.24) is 0 Å². The molecule has 0 aromatic heterocycles. The lowest BCUT2D eigenvalue weighted by atomic mass is 9.43. The van der Waals surface area contributed by atoms with Gasteiger partial charge in [0.2, 0.25) is 0 Å². The van der Waals surface area contributed by atoms with Gasteiger partial charge in [0.1, 0.15) is 5.75 Å². The largest absolute Gasteiger partial charge is 0.497 e. The van der Waals surface area contributed by atoms with Gasteiger partial charge in [-0.15, -0.1) is 0 Å². The summed E-state index contributed by atoms with van der Waals surface area (Å²) in [7, 11) is 1.70. The van der Waals surface area contributed by atoms with Crippen LogP contribution in [0.15, 0.2) is 18.2 Å². The lowest BCUT2D eigenvalue weighted by Gasteiger charge is -2.61. The van der Waals surface area contributed by atoms with Crippen LogP contribution in [0.3, 0.4) is 0 Å². The summed E-state index contributed by atoms with van der Waals surface area (Å²) in [5.41, 5.74) is 0.652. The third-order valence-electron chi connectivity index (χ3n) is 10.2. The molecule has 5 heteroatoms. The van der Waals surface area contributed by atoms with Gasteiger partial charge in [0.15, 0.2) is 6.29 Å². The van der Waals surface area contributed by atoms with Gasteiger partial charge in [-0.3, -0.25) is 0 Å². The van der Waals surface area contributed by atoms with Gasteiger partial charge >= 0.3 is 0 Å². The number of fused-ring (bicyclic) bond motifs is 5. The van der Waals surface area contributed by atoms with E-state index >= 15 is 0 Å². The zero-order valence-electron chi connectivity index (χ0n) is 22.6. The Morgan fingerprint density at radius 2 is 2.03 bits per heavy atom. The van der Waals surface area contributed by atoms with Crippen LogP contribution in [0.5, 0.6) is 5.75 Å². The molecule has 5 nitrogen and oxygen atoms in total. The molecule has 0 bridgehead atoms. The number of rotatable bonds is 8. The number of hydrogen-bond acceptors (Lipinski definition) is 5. The van der Waals surface area contributed by atoms with Crippen LogP contribution >= 0.6 is 0 Å². The van der Waals surface area contributed by atoms with Crippen molar-refractivity contribution in [2.24, 2.45) is 16.7 Å². The fraction of sp³-hybridized carbons (Fsp3) is 0.774. The minimum atomic E-state index is -0.933. The second-order valence-electron chi connectivity index (χ2n) is 12.3. The molecule has 3 fully saturated rings. The van der Waals surface area contributed by atoms with Crippen molar-refractivity contribution in [3.8, 4) is 11.8 Å². The quantitative estimate of drug-likeness (QED) is 0.408. The number of hydrogen-bond donors (Lipinski definition) is 1. The minimum Gasteiger partial charge on any atom is -0.497 e. The molecule has 1 aromatic rings. The molecule has 0 spiro atoms. The third-order valence-corrected chi connectivity index (χ3v) is 10.2. The van der Waals surface area contributed by atoms with E-state index in [0.29, 0.717) is 6.42 Å². The van der Waals surface area contributed by atoms with Crippen LogP contribution in [-0.2, 0) is 15.9 Å². The van der Waals surface area contributed by atoms with Crippen LogP contribution in [0.2, 0.25) is 0 Å². The highest BCUT2D eigenvalue weighted by Crippen LogP contribution is 2.70. The minimum absolute atomic E-state index is 0.0243. The second kappa shape index (κ2) is 10.3. The zero-order chi connectivity index (χ0) is 25.4. The maximum absolute atomic E-state index is 12.7. The maximum atomic E-state index is 12.7. The Morgan fingerprint density at radius 3 is 2.75 bits per heavy atom. The number of unbranched alkanes of at least 4 members (excludes halogenated alkanes) is 3. The number of benzene rings is 1. The first-order valence-corrected chi connectivity index (χ1v) is 14.5. The predicted octanol–water partition coefficient (Wildman–Crippen LogP) is 6.67. The molecule has 1 aromatic carbocycles. The molecule has 2 saturated carbocycles. The summed E-state index contributed by atoms with van der Waals surface area (Å²) in [6.45, 7) is 5.30. The standard InChI is InChI=1S/C31H45NO4/c1-4-5-6-8-16-31(33)20-29(2)25(13-14-26(29)36-27-10-7-9-18-35-27)30(21-32)17-15-22-19-23(34-3)11-12-24(22)28(30)31/h11-12,19,25-28,33H,4-10,13-18,20H2,1-3H3/t25-,26?,27?,28-,29+,30?,31?/m1/s1. The molecule has 5 rings (SSSR count). The molecular weight excluding hydrogens is 450 g/mol. The molecule has 4 aliphatic rings. The van der Waals surface area contributed by atoms with E-state index < -0.39 is 11.0 Å². The molecular formula is C31H45NO4. The van der Waals surface area contributed by atoms with Gasteiger partial charge in [-0.1, -0.05) is 45.6 Å². The molecule has 1 N–H and O–H groups in total. The van der Waals surface area contributed by atoms with E-state index in [-0.39, 0.29) is 29.6 Å². The van der Waals surface area contributed by atoms with Gasteiger partial charge in [-0.25, -0.2) is 0 Å². The van der Waals surface area contributed by atoms with Crippen molar-refractivity contribution in [2.75, 3.05) is 13.7 Å². The van der Waals surface area contributed by atoms with Gasteiger partial charge in [-0.05, 0) is 87.0 Å². The van der Waals surface area contributed by atoms with Crippen molar-refractivity contribution in [3.05, 3.63) is 29.3 Å². The topological polar surface area (TPSA) is 71.7 Å². The van der Waals surface area contributed by atoms with Gasteiger partial charge < -0.3 is 19.3 Å². The number of ether oxygens (including phenoxy) is 3. The van der Waals surface area contributed by atoms with Crippen LogP contribution in [0.1, 0.15) is 108 Å². The first-order chi connectivity index (χ1) is 17.4. The Balaban J connectivity index is 1.54. The lowest BCUT2D eigenvalue weighted by Crippen LogP contribution is -2.62. The van der Waals surface area contributed by atoms with Gasteiger partial charge in [0.25, 0.3) is 0 Å². The van der Waals surface area contributed by atoms with E-state index in [1.54, 1.807) is 7.11 Å². The summed E-state index contributed by atoms with van der Waals surface area (Å²) < 4.78 is 18.2. The maximum Gasteiger partial charge on any atom is 0.157 e. The van der Waals surface area contributed by atoms with Gasteiger partial charge in [0.05, 0.1) is 30.3 Å². The van der Waals surface area contributed by atoms with E-state index in [4.69, 9.17) is 14.2 Å². The molecule has 3 aliphatic carbocycles. The third kappa shape index (κ3) is 4.28. The molecule has 4 unspecified atom stereocenters. The molecule has 198 valence electrons. The number of aryl methyl sites for hydroxylation is 1. The van der Waals surface area contributed by atoms with E-state index in [9.17, 15) is 10.4 Å². The smallest absolute Gasteiger partial charge is 0.157 e. The Hall–Kier alpha value is -1.61. The number of nitrogens with zero attached hydrogens (tertiary/aromatic N) is 1. The summed E-state index contributed by atoms with van der Waals surface area (Å²) >= 11 is 0. The van der Waals surface area contributed by atoms with Crippen molar-refractivity contribution >= 4 is 0 Å². The molecule has 1 saturated heterocycles. The van der Waals surface area contributed by atoms with E-state index in [0.717, 1.165) is 76.6 Å². The van der Waals surface area contributed by atoms with E-state index in [2.05, 4.69) is 32.0 Å². The summed E-state index contributed by atoms with van der Waals surface area (Å²) in [6.07, 6.45) is 12.5. The molecule has 1 aliphatic heterocycles. The second-order valence-corrected chi connectivity index (χ2v) is 12.3. The molecule has 7 atom stereocenters. The number of methoxy groups -OCH3 is 1. The highest BCUT2D eigenvalue weighted by Gasteiger charge is 2.69. The monoisotopic (exact) mass is 495 g/mol. The molecule has 36 heavy (non-hydrogen) atoms. The normalized spacial score (nSPS) is 39.5. The Bertz CT molecular complexity index is 968. The average molecular weight is 496 g/mol. The van der Waals surface area contributed by atoms with Crippen LogP contribution in [-0.4, -0.2) is 36.8 Å². The van der Waals surface area contributed by atoms with Crippen molar-refractivity contribution in [2.45, 2.75) is 121 Å². The molecule has 0 amide bonds. The zero-order valence-corrected chi connectivity index (χ0v) is 22.6. The van der Waals surface area contributed by atoms with Crippen LogP contribution in [0.25, 0.3) is 0 Å². The van der Waals surface area contributed by atoms with Crippen LogP contribution in [0.4, 0.5) is 0 Å². The highest BCUT2D eigenvalue weighted by atomic mass is 16.7. The van der Waals surface area contributed by atoms with Crippen molar-refractivity contribution in [3.63, 3.8) is 0 Å².